The van der Waals surface area contributed by atoms with Gasteiger partial charge in [-0.15, -0.1) is 12.4 Å². The molecule has 0 heterocycles. The van der Waals surface area contributed by atoms with E-state index < -0.39 is 0 Å². The van der Waals surface area contributed by atoms with Crippen molar-refractivity contribution >= 4 is 12.4 Å². The molecule has 0 radical (unpaired) electrons. The van der Waals surface area contributed by atoms with Gasteiger partial charge in [-0.25, -0.2) is 0 Å². The number of nitrogens with two attached hydrogens (primary N) is 1. The third-order valence-corrected chi connectivity index (χ3v) is 1.40. The molecule has 1 rings (SSSR count). The molecular formula is C9H16ClNO. The van der Waals surface area contributed by atoms with Crippen LogP contribution in [0.25, 0.3) is 0 Å². The predicted octanol–water partition coefficient (Wildman–Crippen LogP) is 1.17. The third-order valence-electron chi connectivity index (χ3n) is 1.40. The summed E-state index contributed by atoms with van der Waals surface area (Å²) in [6, 6.07) is 10.6. The number of hydrogen-bond donors (Lipinski definition) is 1. The van der Waals surface area contributed by atoms with E-state index in [1.165, 1.54) is 5.56 Å². The van der Waals surface area contributed by atoms with Crippen molar-refractivity contribution in [2.75, 3.05) is 0 Å². The molecule has 0 aliphatic carbocycles. The fourth-order valence-corrected chi connectivity index (χ4v) is 0.986. The molecule has 0 saturated carbocycles. The van der Waals surface area contributed by atoms with Crippen molar-refractivity contribution in [1.29, 1.82) is 0 Å². The smallest absolute Gasteiger partial charge is 0.00509 e. The van der Waals surface area contributed by atoms with Gasteiger partial charge in [0.2, 0.25) is 0 Å². The molecular weight excluding hydrogens is 174 g/mol. The summed E-state index contributed by atoms with van der Waals surface area (Å²) in [5, 5.41) is 0. The van der Waals surface area contributed by atoms with Gasteiger partial charge in [0.05, 0.1) is 0 Å². The van der Waals surface area contributed by atoms with Gasteiger partial charge in [0.15, 0.2) is 0 Å². The predicted molar refractivity (Wildman–Crippen MR) is 54.7 cm³/mol. The van der Waals surface area contributed by atoms with Crippen LogP contribution < -0.4 is 5.73 Å². The molecule has 0 saturated heterocycles. The van der Waals surface area contributed by atoms with Crippen molar-refractivity contribution in [1.82, 2.24) is 0 Å². The zero-order valence-corrected chi connectivity index (χ0v) is 7.97. The Bertz CT molecular complexity index is 189. The molecule has 12 heavy (non-hydrogen) atoms. The van der Waals surface area contributed by atoms with Crippen LogP contribution in [0.2, 0.25) is 0 Å². The highest BCUT2D eigenvalue weighted by Gasteiger charge is 1.94. The molecule has 0 fully saturated rings. The van der Waals surface area contributed by atoms with Gasteiger partial charge >= 0.3 is 0 Å². The quantitative estimate of drug-likeness (QED) is 0.746. The molecule has 1 unspecified atom stereocenters. The Kier molecular flexibility index (Phi) is 8.27. The summed E-state index contributed by atoms with van der Waals surface area (Å²) in [6.45, 7) is 2.02. The SMILES string of the molecule is CC(N)Cc1ccccc1.Cl.O. The monoisotopic (exact) mass is 189 g/mol. The van der Waals surface area contributed by atoms with Gasteiger partial charge in [-0.1, -0.05) is 30.3 Å². The van der Waals surface area contributed by atoms with Crippen LogP contribution in [-0.4, -0.2) is 11.5 Å². The van der Waals surface area contributed by atoms with Gasteiger partial charge in [0.1, 0.15) is 0 Å². The van der Waals surface area contributed by atoms with Gasteiger partial charge in [0.25, 0.3) is 0 Å². The Morgan fingerprint density at radius 3 is 2.17 bits per heavy atom. The number of rotatable bonds is 2. The van der Waals surface area contributed by atoms with E-state index in [0.29, 0.717) is 0 Å². The van der Waals surface area contributed by atoms with Gasteiger partial charge in [-0.3, -0.25) is 0 Å². The van der Waals surface area contributed by atoms with Crippen molar-refractivity contribution in [3.63, 3.8) is 0 Å². The van der Waals surface area contributed by atoms with Crippen LogP contribution in [-0.2, 0) is 6.42 Å². The maximum Gasteiger partial charge on any atom is 0.00509 e. The fraction of sp³-hybridized carbons (Fsp3) is 0.333. The lowest BCUT2D eigenvalue weighted by Crippen LogP contribution is -2.17. The van der Waals surface area contributed by atoms with Crippen molar-refractivity contribution in [2.24, 2.45) is 5.73 Å². The zero-order valence-electron chi connectivity index (χ0n) is 7.16. The summed E-state index contributed by atoms with van der Waals surface area (Å²) in [7, 11) is 0. The molecule has 0 aliphatic heterocycles. The highest BCUT2D eigenvalue weighted by molar-refractivity contribution is 5.85. The first-order chi connectivity index (χ1) is 4.79. The van der Waals surface area contributed by atoms with E-state index in [1.807, 2.05) is 25.1 Å². The van der Waals surface area contributed by atoms with Gasteiger partial charge < -0.3 is 11.2 Å². The molecule has 0 aliphatic rings. The molecule has 1 atom stereocenters. The summed E-state index contributed by atoms with van der Waals surface area (Å²) >= 11 is 0. The molecule has 3 heteroatoms. The molecule has 4 N–H and O–H groups in total. The Morgan fingerprint density at radius 1 is 1.25 bits per heavy atom. The lowest BCUT2D eigenvalue weighted by Gasteiger charge is -2.02. The van der Waals surface area contributed by atoms with Crippen LogP contribution in [0.4, 0.5) is 0 Å². The minimum absolute atomic E-state index is 0. The standard InChI is InChI=1S/C9H13N.ClH.H2O/c1-8(10)7-9-5-3-2-4-6-9;;/h2-6,8H,7,10H2,1H3;1H;1H2. The van der Waals surface area contributed by atoms with Crippen LogP contribution in [0.3, 0.4) is 0 Å². The molecule has 0 spiro atoms. The van der Waals surface area contributed by atoms with E-state index in [1.54, 1.807) is 0 Å². The molecule has 70 valence electrons. The first kappa shape index (κ1) is 14.0. The van der Waals surface area contributed by atoms with E-state index in [-0.39, 0.29) is 23.9 Å². The Balaban J connectivity index is 0. The summed E-state index contributed by atoms with van der Waals surface area (Å²) in [4.78, 5) is 0. The first-order valence-electron chi connectivity index (χ1n) is 3.58. The number of benzene rings is 1. The van der Waals surface area contributed by atoms with Crippen LogP contribution in [0.5, 0.6) is 0 Å². The van der Waals surface area contributed by atoms with Crippen LogP contribution >= 0.6 is 12.4 Å². The van der Waals surface area contributed by atoms with E-state index in [0.717, 1.165) is 6.42 Å². The molecule has 1 aromatic rings. The van der Waals surface area contributed by atoms with Crippen molar-refractivity contribution in [3.05, 3.63) is 35.9 Å². The average Bonchev–Trinajstić information content (AvgIpc) is 1.88. The maximum atomic E-state index is 5.62. The van der Waals surface area contributed by atoms with Crippen LogP contribution in [0.1, 0.15) is 12.5 Å². The normalized spacial score (nSPS) is 10.8. The second-order valence-corrected chi connectivity index (χ2v) is 2.67. The minimum atomic E-state index is 0. The highest BCUT2D eigenvalue weighted by atomic mass is 35.5. The lowest BCUT2D eigenvalue weighted by atomic mass is 10.1. The number of hydrogen-bond acceptors (Lipinski definition) is 1. The van der Waals surface area contributed by atoms with Crippen molar-refractivity contribution in [2.45, 2.75) is 19.4 Å². The summed E-state index contributed by atoms with van der Waals surface area (Å²) in [5.74, 6) is 0. The van der Waals surface area contributed by atoms with E-state index in [2.05, 4.69) is 12.1 Å². The first-order valence-corrected chi connectivity index (χ1v) is 3.58. The lowest BCUT2D eigenvalue weighted by molar-refractivity contribution is 0.738. The second kappa shape index (κ2) is 7.10. The average molecular weight is 190 g/mol. The molecule has 2 nitrogen and oxygen atoms in total. The third kappa shape index (κ3) is 5.13. The Labute approximate surface area is 79.5 Å². The summed E-state index contributed by atoms with van der Waals surface area (Å²) in [5.41, 5.74) is 6.94. The summed E-state index contributed by atoms with van der Waals surface area (Å²) < 4.78 is 0. The van der Waals surface area contributed by atoms with Gasteiger partial charge in [-0.2, -0.15) is 0 Å². The molecule has 1 aromatic carbocycles. The Hall–Kier alpha value is -0.570. The molecule has 0 amide bonds. The zero-order chi connectivity index (χ0) is 7.40. The fourth-order valence-electron chi connectivity index (χ4n) is 0.986. The molecule has 0 bridgehead atoms. The minimum Gasteiger partial charge on any atom is -0.412 e. The van der Waals surface area contributed by atoms with Crippen molar-refractivity contribution in [3.8, 4) is 0 Å². The van der Waals surface area contributed by atoms with Crippen molar-refractivity contribution < 1.29 is 5.48 Å². The van der Waals surface area contributed by atoms with E-state index >= 15 is 0 Å². The largest absolute Gasteiger partial charge is 0.412 e. The van der Waals surface area contributed by atoms with E-state index in [4.69, 9.17) is 5.73 Å². The number of halogens is 1. The second-order valence-electron chi connectivity index (χ2n) is 2.67. The topological polar surface area (TPSA) is 57.5 Å². The highest BCUT2D eigenvalue weighted by Crippen LogP contribution is 2.00. The van der Waals surface area contributed by atoms with Crippen LogP contribution in [0, 0.1) is 0 Å². The maximum absolute atomic E-state index is 5.62. The Morgan fingerprint density at radius 2 is 1.75 bits per heavy atom. The molecule has 0 aromatic heterocycles. The van der Waals surface area contributed by atoms with Crippen LogP contribution in [0.15, 0.2) is 30.3 Å². The van der Waals surface area contributed by atoms with E-state index in [9.17, 15) is 0 Å². The van der Waals surface area contributed by atoms with Gasteiger partial charge in [-0.05, 0) is 18.9 Å². The summed E-state index contributed by atoms with van der Waals surface area (Å²) in [6.07, 6.45) is 0.973. The van der Waals surface area contributed by atoms with Gasteiger partial charge in [0, 0.05) is 6.04 Å².